The molecule has 22 heavy (non-hydrogen) atoms. The quantitative estimate of drug-likeness (QED) is 0.616. The SMILES string of the molecule is CC(C)(C)c1cc(C=C2NCOC2=O)cc(C(C)(C)C)c1O. The molecule has 1 aliphatic heterocycles. The Morgan fingerprint density at radius 3 is 1.95 bits per heavy atom. The first-order chi connectivity index (χ1) is 10.00. The van der Waals surface area contributed by atoms with E-state index in [-0.39, 0.29) is 23.5 Å². The van der Waals surface area contributed by atoms with E-state index >= 15 is 0 Å². The zero-order valence-electron chi connectivity index (χ0n) is 14.2. The Morgan fingerprint density at radius 1 is 1.09 bits per heavy atom. The lowest BCUT2D eigenvalue weighted by atomic mass is 9.78. The number of phenols is 1. The molecular formula is C18H25NO3. The highest BCUT2D eigenvalue weighted by molar-refractivity contribution is 5.94. The van der Waals surface area contributed by atoms with Gasteiger partial charge in [-0.3, -0.25) is 0 Å². The number of aromatic hydroxyl groups is 1. The monoisotopic (exact) mass is 303 g/mol. The van der Waals surface area contributed by atoms with Gasteiger partial charge in [0.25, 0.3) is 0 Å². The third kappa shape index (κ3) is 3.26. The highest BCUT2D eigenvalue weighted by atomic mass is 16.6. The number of carbonyl (C=O) groups excluding carboxylic acids is 1. The average Bonchev–Trinajstić information content (AvgIpc) is 2.74. The maximum Gasteiger partial charge on any atom is 0.356 e. The molecule has 0 aliphatic carbocycles. The molecule has 1 saturated heterocycles. The first kappa shape index (κ1) is 16.4. The lowest BCUT2D eigenvalue weighted by Gasteiger charge is -2.28. The Labute approximate surface area is 132 Å². The van der Waals surface area contributed by atoms with E-state index in [1.807, 2.05) is 12.1 Å². The second-order valence-electron chi connectivity index (χ2n) is 7.78. The molecule has 2 rings (SSSR count). The van der Waals surface area contributed by atoms with Crippen molar-refractivity contribution in [3.8, 4) is 5.75 Å². The largest absolute Gasteiger partial charge is 0.507 e. The van der Waals surface area contributed by atoms with Crippen molar-refractivity contribution in [1.82, 2.24) is 5.32 Å². The van der Waals surface area contributed by atoms with E-state index in [1.165, 1.54) is 0 Å². The van der Waals surface area contributed by atoms with E-state index in [0.29, 0.717) is 11.4 Å². The standard InChI is InChI=1S/C18H25NO3/c1-17(2,3)12-7-11(9-14-16(21)22-10-19-14)8-13(15(12)20)18(4,5)6/h7-9,19-20H,10H2,1-6H3. The normalized spacial score (nSPS) is 17.5. The van der Waals surface area contributed by atoms with E-state index in [1.54, 1.807) is 6.08 Å². The van der Waals surface area contributed by atoms with Gasteiger partial charge in [0.2, 0.25) is 0 Å². The van der Waals surface area contributed by atoms with Gasteiger partial charge >= 0.3 is 5.97 Å². The fourth-order valence-corrected chi connectivity index (χ4v) is 2.49. The van der Waals surface area contributed by atoms with Gasteiger partial charge in [-0.15, -0.1) is 0 Å². The number of benzene rings is 1. The van der Waals surface area contributed by atoms with Crippen molar-refractivity contribution in [3.05, 3.63) is 34.5 Å². The number of rotatable bonds is 1. The second kappa shape index (κ2) is 5.34. The molecule has 1 heterocycles. The van der Waals surface area contributed by atoms with Crippen LogP contribution in [0.1, 0.15) is 58.2 Å². The highest BCUT2D eigenvalue weighted by Gasteiger charge is 2.27. The molecule has 0 aromatic heterocycles. The topological polar surface area (TPSA) is 58.6 Å². The number of hydrogen-bond acceptors (Lipinski definition) is 4. The van der Waals surface area contributed by atoms with E-state index in [9.17, 15) is 9.90 Å². The molecule has 0 radical (unpaired) electrons. The summed E-state index contributed by atoms with van der Waals surface area (Å²) in [5.41, 5.74) is 2.69. The first-order valence-corrected chi connectivity index (χ1v) is 7.51. The molecule has 4 heteroatoms. The summed E-state index contributed by atoms with van der Waals surface area (Å²) >= 11 is 0. The fraction of sp³-hybridized carbons (Fsp3) is 0.500. The number of carbonyl (C=O) groups is 1. The van der Waals surface area contributed by atoms with E-state index in [4.69, 9.17) is 4.74 Å². The zero-order valence-corrected chi connectivity index (χ0v) is 14.2. The van der Waals surface area contributed by atoms with Crippen molar-refractivity contribution >= 4 is 12.0 Å². The molecule has 1 aromatic carbocycles. The minimum Gasteiger partial charge on any atom is -0.507 e. The van der Waals surface area contributed by atoms with Crippen LogP contribution in [0.3, 0.4) is 0 Å². The van der Waals surface area contributed by atoms with E-state index < -0.39 is 0 Å². The number of hydrogen-bond donors (Lipinski definition) is 2. The minimum absolute atomic E-state index is 0.192. The molecule has 120 valence electrons. The molecule has 0 unspecified atom stereocenters. The molecule has 4 nitrogen and oxygen atoms in total. The number of cyclic esters (lactones) is 1. The molecule has 0 saturated carbocycles. The number of esters is 1. The molecule has 0 spiro atoms. The van der Waals surface area contributed by atoms with E-state index in [2.05, 4.69) is 46.9 Å². The average molecular weight is 303 g/mol. The lowest BCUT2D eigenvalue weighted by molar-refractivity contribution is -0.135. The molecule has 2 N–H and O–H groups in total. The number of nitrogens with one attached hydrogen (secondary N) is 1. The van der Waals surface area contributed by atoms with Crippen LogP contribution in [-0.4, -0.2) is 17.8 Å². The Balaban J connectivity index is 2.63. The van der Waals surface area contributed by atoms with Gasteiger partial charge in [0.1, 0.15) is 11.4 Å². The Morgan fingerprint density at radius 2 is 1.59 bits per heavy atom. The molecule has 0 bridgehead atoms. The van der Waals surface area contributed by atoms with Gasteiger partial charge < -0.3 is 15.2 Å². The summed E-state index contributed by atoms with van der Waals surface area (Å²) in [5, 5.41) is 13.6. The van der Waals surface area contributed by atoms with Gasteiger partial charge in [-0.1, -0.05) is 41.5 Å². The molecule has 0 atom stereocenters. The summed E-state index contributed by atoms with van der Waals surface area (Å²) in [6, 6.07) is 3.87. The third-order valence-electron chi connectivity index (χ3n) is 3.75. The first-order valence-electron chi connectivity index (χ1n) is 7.51. The second-order valence-corrected chi connectivity index (χ2v) is 7.78. The zero-order chi connectivity index (χ0) is 16.7. The van der Waals surface area contributed by atoms with Crippen LogP contribution in [-0.2, 0) is 20.4 Å². The summed E-state index contributed by atoms with van der Waals surface area (Å²) < 4.78 is 4.89. The number of phenolic OH excluding ortho intramolecular Hbond substituents is 1. The molecule has 0 amide bonds. The third-order valence-corrected chi connectivity index (χ3v) is 3.75. The smallest absolute Gasteiger partial charge is 0.356 e. The summed E-state index contributed by atoms with van der Waals surface area (Å²) in [5.74, 6) is -0.00759. The van der Waals surface area contributed by atoms with Crippen LogP contribution < -0.4 is 5.32 Å². The Kier molecular flexibility index (Phi) is 3.98. The van der Waals surface area contributed by atoms with Crippen LogP contribution in [0.5, 0.6) is 5.75 Å². The summed E-state index contributed by atoms with van der Waals surface area (Å²) in [6.45, 7) is 12.6. The molecule has 1 aliphatic rings. The van der Waals surface area contributed by atoms with E-state index in [0.717, 1.165) is 16.7 Å². The van der Waals surface area contributed by atoms with Crippen LogP contribution in [0.4, 0.5) is 0 Å². The Hall–Kier alpha value is -1.97. The summed E-state index contributed by atoms with van der Waals surface area (Å²) in [6.07, 6.45) is 1.78. The van der Waals surface area contributed by atoms with Gasteiger partial charge in [0, 0.05) is 11.1 Å². The van der Waals surface area contributed by atoms with Crippen LogP contribution >= 0.6 is 0 Å². The highest BCUT2D eigenvalue weighted by Crippen LogP contribution is 2.40. The van der Waals surface area contributed by atoms with Crippen LogP contribution in [0.15, 0.2) is 17.8 Å². The minimum atomic E-state index is -0.345. The van der Waals surface area contributed by atoms with Gasteiger partial charge in [-0.2, -0.15) is 0 Å². The predicted molar refractivity (Wildman–Crippen MR) is 87.6 cm³/mol. The van der Waals surface area contributed by atoms with Crippen molar-refractivity contribution in [2.24, 2.45) is 0 Å². The Bertz CT molecular complexity index is 596. The lowest BCUT2D eigenvalue weighted by Crippen LogP contribution is -2.17. The maximum absolute atomic E-state index is 11.6. The summed E-state index contributed by atoms with van der Waals surface area (Å²) in [7, 11) is 0. The number of ether oxygens (including phenoxy) is 1. The van der Waals surface area contributed by atoms with Gasteiger partial charge in [-0.05, 0) is 34.6 Å². The van der Waals surface area contributed by atoms with Gasteiger partial charge in [0.05, 0.1) is 0 Å². The molecule has 1 fully saturated rings. The van der Waals surface area contributed by atoms with Crippen molar-refractivity contribution < 1.29 is 14.6 Å². The summed E-state index contributed by atoms with van der Waals surface area (Å²) in [4.78, 5) is 11.6. The van der Waals surface area contributed by atoms with Gasteiger partial charge in [0.15, 0.2) is 6.73 Å². The predicted octanol–water partition coefficient (Wildman–Crippen LogP) is 3.43. The maximum atomic E-state index is 11.6. The van der Waals surface area contributed by atoms with Crippen molar-refractivity contribution in [2.45, 2.75) is 52.4 Å². The van der Waals surface area contributed by atoms with Crippen molar-refractivity contribution in [1.29, 1.82) is 0 Å². The van der Waals surface area contributed by atoms with Gasteiger partial charge in [-0.25, -0.2) is 4.79 Å². The van der Waals surface area contributed by atoms with Crippen LogP contribution in [0.2, 0.25) is 0 Å². The van der Waals surface area contributed by atoms with Crippen molar-refractivity contribution in [2.75, 3.05) is 6.73 Å². The molecule has 1 aromatic rings. The molecular weight excluding hydrogens is 278 g/mol. The van der Waals surface area contributed by atoms with Crippen LogP contribution in [0.25, 0.3) is 6.08 Å². The fourth-order valence-electron chi connectivity index (χ4n) is 2.49. The van der Waals surface area contributed by atoms with Crippen molar-refractivity contribution in [3.63, 3.8) is 0 Å². The van der Waals surface area contributed by atoms with Crippen LogP contribution in [0, 0.1) is 0 Å².